The second-order valence-electron chi connectivity index (χ2n) is 10.2. The molecule has 10 heteroatoms. The maximum absolute atomic E-state index is 14.5. The van der Waals surface area contributed by atoms with Crippen molar-refractivity contribution in [3.8, 4) is 0 Å². The summed E-state index contributed by atoms with van der Waals surface area (Å²) in [4.78, 5) is 31.0. The van der Waals surface area contributed by atoms with Crippen LogP contribution in [0.25, 0.3) is 5.57 Å². The lowest BCUT2D eigenvalue weighted by molar-refractivity contribution is -0.122. The number of nitrogens with zero attached hydrogens (tertiary/aromatic N) is 2. The molecule has 0 bridgehead atoms. The van der Waals surface area contributed by atoms with Gasteiger partial charge >= 0.3 is 0 Å². The Hall–Kier alpha value is -4.05. The van der Waals surface area contributed by atoms with Gasteiger partial charge in [-0.3, -0.25) is 14.6 Å². The number of allylic oxidation sites excluding steroid dienone is 2. The molecule has 0 radical (unpaired) electrons. The lowest BCUT2D eigenvalue weighted by atomic mass is 10.0. The number of aliphatic hydroxyl groups excluding tert-OH is 1. The van der Waals surface area contributed by atoms with Crippen molar-refractivity contribution in [2.45, 2.75) is 66.7 Å². The van der Waals surface area contributed by atoms with Gasteiger partial charge in [0.1, 0.15) is 6.17 Å². The largest absolute Gasteiger partial charge is 0.393 e. The highest BCUT2D eigenvalue weighted by molar-refractivity contribution is 5.96. The smallest absolute Gasteiger partial charge is 0.251 e. The highest BCUT2D eigenvalue weighted by Gasteiger charge is 2.18. The highest BCUT2D eigenvalue weighted by atomic mass is 19.2. The van der Waals surface area contributed by atoms with Gasteiger partial charge in [0.05, 0.1) is 18.2 Å². The minimum atomic E-state index is -0.894. The van der Waals surface area contributed by atoms with Gasteiger partial charge in [0.25, 0.3) is 5.91 Å². The summed E-state index contributed by atoms with van der Waals surface area (Å²) >= 11 is 0. The van der Waals surface area contributed by atoms with E-state index in [2.05, 4.69) is 20.9 Å². The molecule has 0 aliphatic rings. The summed E-state index contributed by atoms with van der Waals surface area (Å²) < 4.78 is 28.6. The summed E-state index contributed by atoms with van der Waals surface area (Å²) in [6.45, 7) is 11.0. The van der Waals surface area contributed by atoms with Crippen molar-refractivity contribution >= 4 is 28.8 Å². The van der Waals surface area contributed by atoms with Crippen LogP contribution >= 0.6 is 0 Å². The predicted octanol–water partition coefficient (Wildman–Crippen LogP) is 5.18. The lowest BCUT2D eigenvalue weighted by Gasteiger charge is -2.29. The van der Waals surface area contributed by atoms with E-state index in [0.717, 1.165) is 11.3 Å². The van der Waals surface area contributed by atoms with Crippen LogP contribution in [0.3, 0.4) is 0 Å². The molecule has 2 atom stereocenters. The first kappa shape index (κ1) is 34.2. The van der Waals surface area contributed by atoms with Crippen molar-refractivity contribution in [3.05, 3.63) is 82.7 Å². The van der Waals surface area contributed by atoms with E-state index in [-0.39, 0.29) is 48.6 Å². The number of aliphatic hydroxyl groups is 1. The second-order valence-corrected chi connectivity index (χ2v) is 10.2. The van der Waals surface area contributed by atoms with Gasteiger partial charge in [-0.15, -0.1) is 0 Å². The van der Waals surface area contributed by atoms with Gasteiger partial charge < -0.3 is 26.0 Å². The number of hydrogen-bond donors (Lipinski definition) is 4. The Balaban J connectivity index is 2.21. The average Bonchev–Trinajstić information content (AvgIpc) is 2.94. The van der Waals surface area contributed by atoms with Crippen molar-refractivity contribution in [2.75, 3.05) is 25.5 Å². The molecule has 2 amide bonds. The van der Waals surface area contributed by atoms with Crippen molar-refractivity contribution in [1.82, 2.24) is 15.5 Å². The molecule has 2 rings (SSSR count). The predicted molar refractivity (Wildman–Crippen MR) is 165 cm³/mol. The van der Waals surface area contributed by atoms with Crippen LogP contribution in [0.4, 0.5) is 14.5 Å². The number of rotatable bonds is 14. The number of hydrogen-bond acceptors (Lipinski definition) is 6. The van der Waals surface area contributed by atoms with Gasteiger partial charge in [-0.05, 0) is 82.1 Å². The number of benzene rings is 2. The fourth-order valence-electron chi connectivity index (χ4n) is 4.28. The number of aliphatic imine (C=N–C) groups is 1. The van der Waals surface area contributed by atoms with Gasteiger partial charge in [-0.1, -0.05) is 25.1 Å². The number of anilines is 1. The first-order valence-electron chi connectivity index (χ1n) is 14.0. The summed E-state index contributed by atoms with van der Waals surface area (Å²) in [7, 11) is 1.89. The standard InChI is InChI=1S/C32H43F2N5O3/c1-8-16-39(7)31(23(6)37-19-21(4)26-12-10-20(3)29(33)30(26)34)38-25-11-13-27(24(9-2)18-25)32(42)36-15-14-35-28(41)17-22(5)40/h8,10-13,16,18-19,22,31,38,40H,9,14-15,17H2,1-7H3,(H,35,41)(H,36,42)/b16-8-,21-19+,37-23?. The van der Waals surface area contributed by atoms with Crippen LogP contribution in [0.2, 0.25) is 0 Å². The molecule has 0 fully saturated rings. The Labute approximate surface area is 247 Å². The van der Waals surface area contributed by atoms with Gasteiger partial charge in [-0.2, -0.15) is 0 Å². The highest BCUT2D eigenvalue weighted by Crippen LogP contribution is 2.23. The zero-order chi connectivity index (χ0) is 31.4. The Morgan fingerprint density at radius 1 is 1.07 bits per heavy atom. The number of carbonyl (C=O) groups excluding carboxylic acids is 2. The van der Waals surface area contributed by atoms with Gasteiger partial charge in [-0.25, -0.2) is 8.78 Å². The van der Waals surface area contributed by atoms with Gasteiger partial charge in [0.2, 0.25) is 5.91 Å². The van der Waals surface area contributed by atoms with Gasteiger partial charge in [0.15, 0.2) is 11.6 Å². The molecule has 0 aliphatic heterocycles. The third kappa shape index (κ3) is 9.80. The SMILES string of the molecule is C/C=C\N(C)C(Nc1ccc(C(=O)NCCNC(=O)CC(C)O)c(CC)c1)C(C)=N/C=C(\C)c1ccc(C)c(F)c1F. The number of nitrogens with one attached hydrogen (secondary N) is 3. The summed E-state index contributed by atoms with van der Waals surface area (Å²) in [6.07, 6.45) is 4.85. The summed E-state index contributed by atoms with van der Waals surface area (Å²) in [5.74, 6) is -2.28. The fourth-order valence-corrected chi connectivity index (χ4v) is 4.28. The minimum absolute atomic E-state index is 0.0119. The van der Waals surface area contributed by atoms with Crippen molar-refractivity contribution < 1.29 is 23.5 Å². The third-order valence-electron chi connectivity index (χ3n) is 6.60. The van der Waals surface area contributed by atoms with E-state index in [1.165, 1.54) is 20.0 Å². The Morgan fingerprint density at radius 2 is 1.74 bits per heavy atom. The van der Waals surface area contributed by atoms with E-state index in [1.54, 1.807) is 25.1 Å². The Morgan fingerprint density at radius 3 is 2.38 bits per heavy atom. The van der Waals surface area contributed by atoms with E-state index < -0.39 is 17.7 Å². The van der Waals surface area contributed by atoms with E-state index in [1.807, 2.05) is 57.1 Å². The van der Waals surface area contributed by atoms with Crippen LogP contribution < -0.4 is 16.0 Å². The summed E-state index contributed by atoms with van der Waals surface area (Å²) in [6, 6.07) is 8.56. The molecule has 8 nitrogen and oxygen atoms in total. The maximum atomic E-state index is 14.5. The van der Waals surface area contributed by atoms with Gasteiger partial charge in [0, 0.05) is 43.2 Å². The number of carbonyl (C=O) groups is 2. The molecule has 4 N–H and O–H groups in total. The van der Waals surface area contributed by atoms with Crippen LogP contribution in [-0.2, 0) is 11.2 Å². The molecule has 2 aromatic carbocycles. The monoisotopic (exact) mass is 583 g/mol. The maximum Gasteiger partial charge on any atom is 0.251 e. The molecule has 0 aliphatic carbocycles. The first-order chi connectivity index (χ1) is 19.9. The molecule has 42 heavy (non-hydrogen) atoms. The molecule has 0 aromatic heterocycles. The van der Waals surface area contributed by atoms with Crippen molar-refractivity contribution in [3.63, 3.8) is 0 Å². The Kier molecular flexibility index (Phi) is 13.3. The molecular formula is C32H43F2N5O3. The quantitative estimate of drug-likeness (QED) is 0.139. The lowest BCUT2D eigenvalue weighted by Crippen LogP contribution is -2.40. The van der Waals surface area contributed by atoms with Crippen molar-refractivity contribution in [2.24, 2.45) is 4.99 Å². The third-order valence-corrected chi connectivity index (χ3v) is 6.60. The molecule has 0 heterocycles. The number of amides is 2. The molecule has 228 valence electrons. The summed E-state index contributed by atoms with van der Waals surface area (Å²) in [5, 5.41) is 18.2. The van der Waals surface area contributed by atoms with E-state index in [0.29, 0.717) is 23.3 Å². The molecule has 2 aromatic rings. The number of aryl methyl sites for hydroxylation is 2. The molecule has 0 saturated carbocycles. The zero-order valence-corrected chi connectivity index (χ0v) is 25.5. The van der Waals surface area contributed by atoms with Crippen molar-refractivity contribution in [1.29, 1.82) is 0 Å². The normalized spacial score (nSPS) is 13.6. The van der Waals surface area contributed by atoms with Crippen LogP contribution in [0.5, 0.6) is 0 Å². The second kappa shape index (κ2) is 16.4. The molecule has 2 unspecified atom stereocenters. The Bertz CT molecular complexity index is 1340. The van der Waals surface area contributed by atoms with Crippen LogP contribution in [0, 0.1) is 18.6 Å². The molecule has 0 spiro atoms. The van der Waals surface area contributed by atoms with Crippen LogP contribution in [0.15, 0.2) is 53.8 Å². The molecule has 0 saturated heterocycles. The minimum Gasteiger partial charge on any atom is -0.393 e. The van der Waals surface area contributed by atoms with Crippen LogP contribution in [0.1, 0.15) is 68.1 Å². The fraction of sp³-hybridized carbons (Fsp3) is 0.406. The average molecular weight is 584 g/mol. The number of halogens is 2. The summed E-state index contributed by atoms with van der Waals surface area (Å²) in [5.41, 5.74) is 3.72. The molecular weight excluding hydrogens is 540 g/mol. The zero-order valence-electron chi connectivity index (χ0n) is 25.5. The first-order valence-corrected chi connectivity index (χ1v) is 14.0. The van der Waals surface area contributed by atoms with E-state index in [9.17, 15) is 23.5 Å². The topological polar surface area (TPSA) is 106 Å². The van der Waals surface area contributed by atoms with E-state index >= 15 is 0 Å². The van der Waals surface area contributed by atoms with Crippen LogP contribution in [-0.4, -0.2) is 59.9 Å². The van der Waals surface area contributed by atoms with E-state index in [4.69, 9.17) is 0 Å².